The van der Waals surface area contributed by atoms with Crippen molar-refractivity contribution in [3.8, 4) is 11.5 Å². The Balaban J connectivity index is 1.86. The maximum Gasteiger partial charge on any atom is 0.251 e. The van der Waals surface area contributed by atoms with Gasteiger partial charge in [0.25, 0.3) is 5.91 Å². The van der Waals surface area contributed by atoms with Crippen LogP contribution in [0.5, 0.6) is 11.5 Å². The van der Waals surface area contributed by atoms with E-state index in [0.717, 1.165) is 18.8 Å². The van der Waals surface area contributed by atoms with Gasteiger partial charge in [0.2, 0.25) is 5.91 Å². The zero-order chi connectivity index (χ0) is 24.5. The lowest BCUT2D eigenvalue weighted by atomic mass is 10.0. The van der Waals surface area contributed by atoms with Crippen LogP contribution in [0.15, 0.2) is 42.5 Å². The van der Waals surface area contributed by atoms with E-state index >= 15 is 0 Å². The van der Waals surface area contributed by atoms with Crippen molar-refractivity contribution in [2.45, 2.75) is 33.7 Å². The molecular formula is C26H35N3O5. The third-order valence-electron chi connectivity index (χ3n) is 5.54. The van der Waals surface area contributed by atoms with Crippen molar-refractivity contribution < 1.29 is 23.8 Å². The monoisotopic (exact) mass is 469 g/mol. The van der Waals surface area contributed by atoms with Crippen LogP contribution in [-0.4, -0.2) is 57.4 Å². The van der Waals surface area contributed by atoms with Gasteiger partial charge in [0.05, 0.1) is 37.8 Å². The number of benzene rings is 2. The molecule has 1 fully saturated rings. The maximum absolute atomic E-state index is 13.3. The first kappa shape index (κ1) is 25.4. The molecule has 1 saturated heterocycles. The zero-order valence-electron chi connectivity index (χ0n) is 20.4. The number of carbonyl (C=O) groups is 2. The topological polar surface area (TPSA) is 89.1 Å². The fourth-order valence-corrected chi connectivity index (χ4v) is 3.80. The van der Waals surface area contributed by atoms with Crippen LogP contribution in [0.3, 0.4) is 0 Å². The van der Waals surface area contributed by atoms with Crippen LogP contribution in [-0.2, 0) is 9.53 Å². The number of anilines is 2. The minimum absolute atomic E-state index is 0.123. The molecule has 1 heterocycles. The molecule has 0 aromatic heterocycles. The molecule has 0 unspecified atom stereocenters. The molecule has 1 aliphatic heterocycles. The molecule has 0 aliphatic carbocycles. The van der Waals surface area contributed by atoms with E-state index < -0.39 is 6.04 Å². The Hall–Kier alpha value is -3.26. The molecule has 1 atom stereocenters. The second-order valence-corrected chi connectivity index (χ2v) is 8.33. The normalized spacial score (nSPS) is 14.4. The molecule has 0 radical (unpaired) electrons. The van der Waals surface area contributed by atoms with Crippen molar-refractivity contribution in [3.05, 3.63) is 48.0 Å². The number of morpholine rings is 1. The van der Waals surface area contributed by atoms with Gasteiger partial charge < -0.3 is 29.7 Å². The van der Waals surface area contributed by atoms with Gasteiger partial charge in [-0.2, -0.15) is 0 Å². The van der Waals surface area contributed by atoms with Crippen LogP contribution in [0.25, 0.3) is 0 Å². The number of hydrogen-bond acceptors (Lipinski definition) is 6. The SMILES string of the molecule is CCOc1cc(N2CCOCC2)c(OCC)cc1NC(=O)[C@H](NC(=O)c1ccccc1)C(C)C. The van der Waals surface area contributed by atoms with E-state index in [4.69, 9.17) is 14.2 Å². The first-order valence-electron chi connectivity index (χ1n) is 11.9. The van der Waals surface area contributed by atoms with Crippen LogP contribution < -0.4 is 25.0 Å². The fraction of sp³-hybridized carbons (Fsp3) is 0.462. The Kier molecular flexibility index (Phi) is 9.16. The molecular weight excluding hydrogens is 434 g/mol. The van der Waals surface area contributed by atoms with E-state index in [1.165, 1.54) is 0 Å². The molecule has 2 amide bonds. The van der Waals surface area contributed by atoms with Crippen molar-refractivity contribution in [3.63, 3.8) is 0 Å². The first-order valence-corrected chi connectivity index (χ1v) is 11.9. The van der Waals surface area contributed by atoms with Crippen LogP contribution in [0.2, 0.25) is 0 Å². The lowest BCUT2D eigenvalue weighted by Gasteiger charge is -2.31. The average molecular weight is 470 g/mol. The molecule has 1 aliphatic rings. The number of hydrogen-bond donors (Lipinski definition) is 2. The van der Waals surface area contributed by atoms with E-state index in [-0.39, 0.29) is 17.7 Å². The summed E-state index contributed by atoms with van der Waals surface area (Å²) >= 11 is 0. The first-order chi connectivity index (χ1) is 16.4. The molecule has 0 spiro atoms. The summed E-state index contributed by atoms with van der Waals surface area (Å²) in [7, 11) is 0. The van der Waals surface area contributed by atoms with Gasteiger partial charge in [0.1, 0.15) is 17.5 Å². The highest BCUT2D eigenvalue weighted by Crippen LogP contribution is 2.39. The Morgan fingerprint density at radius 2 is 1.65 bits per heavy atom. The highest BCUT2D eigenvalue weighted by atomic mass is 16.5. The summed E-state index contributed by atoms with van der Waals surface area (Å²) in [5, 5.41) is 5.82. The number of nitrogens with zero attached hydrogens (tertiary/aromatic N) is 1. The Morgan fingerprint density at radius 1 is 1.00 bits per heavy atom. The van der Waals surface area contributed by atoms with Gasteiger partial charge in [0.15, 0.2) is 0 Å². The number of nitrogens with one attached hydrogen (secondary N) is 2. The van der Waals surface area contributed by atoms with Crippen LogP contribution in [0, 0.1) is 5.92 Å². The predicted octanol–water partition coefficient (Wildman–Crippen LogP) is 3.71. The van der Waals surface area contributed by atoms with Gasteiger partial charge in [-0.3, -0.25) is 9.59 Å². The smallest absolute Gasteiger partial charge is 0.251 e. The van der Waals surface area contributed by atoms with E-state index in [2.05, 4.69) is 15.5 Å². The number of ether oxygens (including phenoxy) is 3. The molecule has 2 aromatic rings. The average Bonchev–Trinajstić information content (AvgIpc) is 2.85. The summed E-state index contributed by atoms with van der Waals surface area (Å²) in [5.74, 6) is 0.483. The zero-order valence-corrected chi connectivity index (χ0v) is 20.4. The van der Waals surface area contributed by atoms with E-state index in [9.17, 15) is 9.59 Å². The molecule has 8 heteroatoms. The molecule has 34 heavy (non-hydrogen) atoms. The van der Waals surface area contributed by atoms with Crippen molar-refractivity contribution in [2.75, 3.05) is 49.7 Å². The van der Waals surface area contributed by atoms with Gasteiger partial charge in [-0.25, -0.2) is 0 Å². The molecule has 2 aromatic carbocycles. The summed E-state index contributed by atoms with van der Waals surface area (Å²) in [6.07, 6.45) is 0. The Bertz CT molecular complexity index is 958. The molecule has 0 bridgehead atoms. The molecule has 2 N–H and O–H groups in total. The Morgan fingerprint density at radius 3 is 2.26 bits per heavy atom. The summed E-state index contributed by atoms with van der Waals surface area (Å²) in [5.41, 5.74) is 1.92. The summed E-state index contributed by atoms with van der Waals surface area (Å²) in [4.78, 5) is 28.2. The highest BCUT2D eigenvalue weighted by Gasteiger charge is 2.27. The van der Waals surface area contributed by atoms with Crippen molar-refractivity contribution in [2.24, 2.45) is 5.92 Å². The minimum Gasteiger partial charge on any atom is -0.492 e. The van der Waals surface area contributed by atoms with E-state index in [0.29, 0.717) is 49.2 Å². The van der Waals surface area contributed by atoms with Gasteiger partial charge in [0, 0.05) is 30.8 Å². The molecule has 8 nitrogen and oxygen atoms in total. The van der Waals surface area contributed by atoms with Gasteiger partial charge >= 0.3 is 0 Å². The molecule has 3 rings (SSSR count). The second kappa shape index (κ2) is 12.3. The van der Waals surface area contributed by atoms with Crippen molar-refractivity contribution in [1.82, 2.24) is 5.32 Å². The maximum atomic E-state index is 13.3. The fourth-order valence-electron chi connectivity index (χ4n) is 3.80. The van der Waals surface area contributed by atoms with E-state index in [1.807, 2.05) is 39.8 Å². The lowest BCUT2D eigenvalue weighted by Crippen LogP contribution is -2.47. The largest absolute Gasteiger partial charge is 0.492 e. The van der Waals surface area contributed by atoms with E-state index in [1.54, 1.807) is 30.3 Å². The van der Waals surface area contributed by atoms with Gasteiger partial charge in [-0.1, -0.05) is 32.0 Å². The molecule has 0 saturated carbocycles. The summed E-state index contributed by atoms with van der Waals surface area (Å²) < 4.78 is 17.3. The summed E-state index contributed by atoms with van der Waals surface area (Å²) in [6.45, 7) is 11.3. The van der Waals surface area contributed by atoms with Crippen LogP contribution in [0.4, 0.5) is 11.4 Å². The quantitative estimate of drug-likeness (QED) is 0.551. The van der Waals surface area contributed by atoms with Gasteiger partial charge in [-0.05, 0) is 31.9 Å². The van der Waals surface area contributed by atoms with Gasteiger partial charge in [-0.15, -0.1) is 0 Å². The number of rotatable bonds is 10. The lowest BCUT2D eigenvalue weighted by molar-refractivity contribution is -0.118. The van der Waals surface area contributed by atoms with Crippen molar-refractivity contribution in [1.29, 1.82) is 0 Å². The predicted molar refractivity (Wildman–Crippen MR) is 133 cm³/mol. The highest BCUT2D eigenvalue weighted by molar-refractivity contribution is 6.02. The van der Waals surface area contributed by atoms with Crippen LogP contribution >= 0.6 is 0 Å². The summed E-state index contributed by atoms with van der Waals surface area (Å²) in [6, 6.07) is 11.8. The Labute approximate surface area is 201 Å². The van der Waals surface area contributed by atoms with Crippen LogP contribution in [0.1, 0.15) is 38.1 Å². The minimum atomic E-state index is -0.725. The van der Waals surface area contributed by atoms with Crippen molar-refractivity contribution >= 4 is 23.2 Å². The molecule has 184 valence electrons. The number of amides is 2. The second-order valence-electron chi connectivity index (χ2n) is 8.33. The third-order valence-corrected chi connectivity index (χ3v) is 5.54. The number of carbonyl (C=O) groups excluding carboxylic acids is 2. The standard InChI is InChI=1S/C26H35N3O5/c1-5-33-22-17-21(29-12-14-32-15-13-29)23(34-6-2)16-20(22)27-26(31)24(18(3)4)28-25(30)19-10-8-7-9-11-19/h7-11,16-18,24H,5-6,12-15H2,1-4H3,(H,27,31)(H,28,30)/t24-/m1/s1. The third kappa shape index (κ3) is 6.41.